The number of hydrogen-bond donors (Lipinski definition) is 1. The van der Waals surface area contributed by atoms with Gasteiger partial charge in [-0.1, -0.05) is 43.0 Å². The van der Waals surface area contributed by atoms with Gasteiger partial charge in [0.2, 0.25) is 0 Å². The zero-order valence-electron chi connectivity index (χ0n) is 15.9. The Labute approximate surface area is 178 Å². The van der Waals surface area contributed by atoms with Gasteiger partial charge in [-0.2, -0.15) is 0 Å². The van der Waals surface area contributed by atoms with E-state index in [0.29, 0.717) is 33.0 Å². The fourth-order valence-corrected chi connectivity index (χ4v) is 4.02. The van der Waals surface area contributed by atoms with Gasteiger partial charge < -0.3 is 14.6 Å². The Kier molecular flexibility index (Phi) is 6.56. The molecule has 150 valence electrons. The predicted molar refractivity (Wildman–Crippen MR) is 118 cm³/mol. The first-order valence-corrected chi connectivity index (χ1v) is 10.1. The molecule has 0 spiro atoms. The summed E-state index contributed by atoms with van der Waals surface area (Å²) < 4.78 is 11.4. The van der Waals surface area contributed by atoms with Gasteiger partial charge in [-0.25, -0.2) is 4.79 Å². The first-order valence-electron chi connectivity index (χ1n) is 8.86. The molecule has 1 saturated heterocycles. The summed E-state index contributed by atoms with van der Waals surface area (Å²) in [6.45, 7) is 2.61. The maximum atomic E-state index is 12.9. The molecule has 8 heteroatoms. The molecule has 0 unspecified atom stereocenters. The van der Waals surface area contributed by atoms with Crippen LogP contribution in [0.1, 0.15) is 29.3 Å². The molecule has 6 nitrogen and oxygen atoms in total. The van der Waals surface area contributed by atoms with Crippen LogP contribution in [0.15, 0.2) is 47.4 Å². The van der Waals surface area contributed by atoms with Crippen molar-refractivity contribution < 1.29 is 24.2 Å². The van der Waals surface area contributed by atoms with E-state index in [1.165, 1.54) is 28.8 Å². The van der Waals surface area contributed by atoms with Gasteiger partial charge in [-0.3, -0.25) is 9.69 Å². The van der Waals surface area contributed by atoms with Crippen LogP contribution in [0.5, 0.6) is 11.5 Å². The first-order chi connectivity index (χ1) is 13.9. The molecule has 1 aliphatic heterocycles. The quantitative estimate of drug-likeness (QED) is 0.510. The van der Waals surface area contributed by atoms with Crippen molar-refractivity contribution >= 4 is 51.9 Å². The topological polar surface area (TPSA) is 76.1 Å². The van der Waals surface area contributed by atoms with Gasteiger partial charge in [0.25, 0.3) is 5.91 Å². The lowest BCUT2D eigenvalue weighted by Crippen LogP contribution is -2.27. The number of carbonyl (C=O) groups excluding carboxylic acids is 1. The van der Waals surface area contributed by atoms with Crippen LogP contribution in [0.2, 0.25) is 0 Å². The highest BCUT2D eigenvalue weighted by Crippen LogP contribution is 2.37. The van der Waals surface area contributed by atoms with Crippen molar-refractivity contribution in [3.63, 3.8) is 0 Å². The van der Waals surface area contributed by atoms with E-state index in [0.717, 1.165) is 12.0 Å². The Balaban J connectivity index is 1.88. The van der Waals surface area contributed by atoms with E-state index in [-0.39, 0.29) is 11.5 Å². The average molecular weight is 430 g/mol. The third-order valence-electron chi connectivity index (χ3n) is 4.09. The summed E-state index contributed by atoms with van der Waals surface area (Å²) >= 11 is 6.52. The number of anilines is 1. The number of rotatable bonds is 7. The SMILES string of the molecule is CCCOc1ccc(C=C2SC(=S)N(c3cccc(C(=O)O)c3)C2=O)cc1OC. The highest BCUT2D eigenvalue weighted by Gasteiger charge is 2.33. The molecule has 0 saturated carbocycles. The fourth-order valence-electron chi connectivity index (χ4n) is 2.72. The van der Waals surface area contributed by atoms with E-state index in [1.54, 1.807) is 37.5 Å². The molecular formula is C21H19NO5S2. The molecule has 2 aromatic rings. The number of aromatic carboxylic acids is 1. The number of carboxylic acids is 1. The monoisotopic (exact) mass is 429 g/mol. The van der Waals surface area contributed by atoms with Gasteiger partial charge in [0, 0.05) is 0 Å². The summed E-state index contributed by atoms with van der Waals surface area (Å²) in [7, 11) is 1.56. The minimum absolute atomic E-state index is 0.0907. The molecule has 1 aliphatic rings. The highest BCUT2D eigenvalue weighted by molar-refractivity contribution is 8.27. The molecule has 0 bridgehead atoms. The van der Waals surface area contributed by atoms with Gasteiger partial charge in [0.05, 0.1) is 29.9 Å². The molecular weight excluding hydrogens is 410 g/mol. The largest absolute Gasteiger partial charge is 0.493 e. The van der Waals surface area contributed by atoms with Gasteiger partial charge in [0.15, 0.2) is 15.8 Å². The molecule has 0 radical (unpaired) electrons. The lowest BCUT2D eigenvalue weighted by atomic mass is 10.1. The van der Waals surface area contributed by atoms with Crippen LogP contribution in [0, 0.1) is 0 Å². The van der Waals surface area contributed by atoms with Crippen LogP contribution >= 0.6 is 24.0 Å². The zero-order chi connectivity index (χ0) is 21.0. The second-order valence-corrected chi connectivity index (χ2v) is 7.81. The second-order valence-electron chi connectivity index (χ2n) is 6.13. The molecule has 1 heterocycles. The van der Waals surface area contributed by atoms with E-state index in [4.69, 9.17) is 21.7 Å². The Morgan fingerprint density at radius 3 is 2.72 bits per heavy atom. The lowest BCUT2D eigenvalue weighted by Gasteiger charge is -2.14. The third kappa shape index (κ3) is 4.60. The smallest absolute Gasteiger partial charge is 0.335 e. The lowest BCUT2D eigenvalue weighted by molar-refractivity contribution is -0.113. The first kappa shape index (κ1) is 20.9. The third-order valence-corrected chi connectivity index (χ3v) is 5.39. The maximum absolute atomic E-state index is 12.9. The Bertz CT molecular complexity index is 1000. The van der Waals surface area contributed by atoms with E-state index in [9.17, 15) is 14.7 Å². The average Bonchev–Trinajstić information content (AvgIpc) is 2.99. The minimum Gasteiger partial charge on any atom is -0.493 e. The number of methoxy groups -OCH3 is 1. The standard InChI is InChI=1S/C21H19NO5S2/c1-3-9-27-16-8-7-13(10-17(16)26-2)11-18-19(23)22(21(28)29-18)15-6-4-5-14(12-15)20(24)25/h4-8,10-12H,3,9H2,1-2H3,(H,24,25). The number of thiocarbonyl (C=S) groups is 1. The fraction of sp³-hybridized carbons (Fsp3) is 0.190. The van der Waals surface area contributed by atoms with Gasteiger partial charge >= 0.3 is 5.97 Å². The van der Waals surface area contributed by atoms with Crippen LogP contribution in [0.25, 0.3) is 6.08 Å². The Morgan fingerprint density at radius 2 is 2.03 bits per heavy atom. The van der Waals surface area contributed by atoms with Crippen molar-refractivity contribution in [3.8, 4) is 11.5 Å². The van der Waals surface area contributed by atoms with Crippen LogP contribution in [0.3, 0.4) is 0 Å². The number of benzene rings is 2. The Hall–Kier alpha value is -2.84. The van der Waals surface area contributed by atoms with Gasteiger partial charge in [-0.15, -0.1) is 0 Å². The van der Waals surface area contributed by atoms with Crippen LogP contribution in [-0.2, 0) is 4.79 Å². The molecule has 1 N–H and O–H groups in total. The van der Waals surface area contributed by atoms with Crippen molar-refractivity contribution in [2.75, 3.05) is 18.6 Å². The molecule has 0 aromatic heterocycles. The molecule has 0 atom stereocenters. The maximum Gasteiger partial charge on any atom is 0.335 e. The summed E-state index contributed by atoms with van der Waals surface area (Å²) in [5, 5.41) is 9.18. The molecule has 2 aromatic carbocycles. The van der Waals surface area contributed by atoms with E-state index in [2.05, 4.69) is 0 Å². The minimum atomic E-state index is -1.06. The van der Waals surface area contributed by atoms with Gasteiger partial charge in [-0.05, 0) is 48.4 Å². The number of ether oxygens (including phenoxy) is 2. The summed E-state index contributed by atoms with van der Waals surface area (Å²) in [4.78, 5) is 25.9. The summed E-state index contributed by atoms with van der Waals surface area (Å²) in [5.41, 5.74) is 1.29. The summed E-state index contributed by atoms with van der Waals surface area (Å²) in [5.74, 6) is -0.139. The van der Waals surface area contributed by atoms with Crippen LogP contribution < -0.4 is 14.4 Å². The van der Waals surface area contributed by atoms with E-state index in [1.807, 2.05) is 13.0 Å². The molecule has 1 fully saturated rings. The number of amides is 1. The van der Waals surface area contributed by atoms with Crippen LogP contribution in [-0.4, -0.2) is 35.0 Å². The number of carbonyl (C=O) groups is 2. The normalized spacial score (nSPS) is 15.1. The number of thioether (sulfide) groups is 1. The summed E-state index contributed by atoms with van der Waals surface area (Å²) in [6, 6.07) is 11.6. The second kappa shape index (κ2) is 9.11. The van der Waals surface area contributed by atoms with E-state index < -0.39 is 5.97 Å². The predicted octanol–water partition coefficient (Wildman–Crippen LogP) is 4.59. The van der Waals surface area contributed by atoms with Crippen LogP contribution in [0.4, 0.5) is 5.69 Å². The van der Waals surface area contributed by atoms with Crippen molar-refractivity contribution in [1.29, 1.82) is 0 Å². The molecule has 0 aliphatic carbocycles. The Morgan fingerprint density at radius 1 is 1.24 bits per heavy atom. The molecule has 1 amide bonds. The number of nitrogens with zero attached hydrogens (tertiary/aromatic N) is 1. The highest BCUT2D eigenvalue weighted by atomic mass is 32.2. The molecule has 3 rings (SSSR count). The number of hydrogen-bond acceptors (Lipinski definition) is 6. The number of carboxylic acid groups (broad SMARTS) is 1. The van der Waals surface area contributed by atoms with Crippen molar-refractivity contribution in [3.05, 3.63) is 58.5 Å². The van der Waals surface area contributed by atoms with Crippen molar-refractivity contribution in [1.82, 2.24) is 0 Å². The van der Waals surface area contributed by atoms with E-state index >= 15 is 0 Å². The zero-order valence-corrected chi connectivity index (χ0v) is 17.5. The van der Waals surface area contributed by atoms with Gasteiger partial charge in [0.1, 0.15) is 0 Å². The van der Waals surface area contributed by atoms with Crippen molar-refractivity contribution in [2.45, 2.75) is 13.3 Å². The summed E-state index contributed by atoms with van der Waals surface area (Å²) in [6.07, 6.45) is 2.61. The molecule has 29 heavy (non-hydrogen) atoms. The van der Waals surface area contributed by atoms with Crippen molar-refractivity contribution in [2.24, 2.45) is 0 Å².